The standard InChI is InChI=1S/C26H28N4O2/c1-30(2)10-11-32-24-7-5-17(14-25(24)31-3)20-13-21-22(16-29-26(21)28-15-20)18-4-6-23-19(12-18)8-9-27-23/h4-7,12-16,27H,8-11H2,1-3H3,(H,28,29). The highest BCUT2D eigenvalue weighted by Crippen LogP contribution is 2.36. The van der Waals surface area contributed by atoms with Gasteiger partial charge in [0, 0.05) is 47.7 Å². The molecule has 2 aromatic heterocycles. The molecular formula is C26H28N4O2. The molecule has 1 aliphatic rings. The predicted octanol–water partition coefficient (Wildman–Crippen LogP) is 4.81. The second-order valence-corrected chi connectivity index (χ2v) is 8.39. The summed E-state index contributed by atoms with van der Waals surface area (Å²) in [5.74, 6) is 1.47. The first kappa shape index (κ1) is 20.4. The van der Waals surface area contributed by atoms with Crippen LogP contribution in [0.3, 0.4) is 0 Å². The molecule has 0 saturated heterocycles. The summed E-state index contributed by atoms with van der Waals surface area (Å²) in [7, 11) is 5.73. The van der Waals surface area contributed by atoms with Crippen LogP contribution in [-0.4, -0.2) is 55.8 Å². The number of fused-ring (bicyclic) bond motifs is 2. The molecular weight excluding hydrogens is 400 g/mol. The van der Waals surface area contributed by atoms with Gasteiger partial charge in [-0.15, -0.1) is 0 Å². The second-order valence-electron chi connectivity index (χ2n) is 8.39. The van der Waals surface area contributed by atoms with Crippen molar-refractivity contribution >= 4 is 16.7 Å². The van der Waals surface area contributed by atoms with Crippen molar-refractivity contribution in [2.75, 3.05) is 46.2 Å². The minimum atomic E-state index is 0.610. The molecule has 0 spiro atoms. The number of rotatable bonds is 7. The number of methoxy groups -OCH3 is 1. The van der Waals surface area contributed by atoms with E-state index in [0.29, 0.717) is 6.61 Å². The Morgan fingerprint density at radius 1 is 1.00 bits per heavy atom. The molecule has 2 N–H and O–H groups in total. The number of aromatic amines is 1. The molecule has 0 atom stereocenters. The maximum absolute atomic E-state index is 5.91. The Balaban J connectivity index is 1.48. The summed E-state index contributed by atoms with van der Waals surface area (Å²) >= 11 is 0. The lowest BCUT2D eigenvalue weighted by Crippen LogP contribution is -2.19. The van der Waals surface area contributed by atoms with Crippen molar-refractivity contribution in [3.63, 3.8) is 0 Å². The SMILES string of the molecule is COc1cc(-c2cnc3[nH]cc(-c4ccc5c(c4)CCN5)c3c2)ccc1OCCN(C)C. The van der Waals surface area contributed by atoms with Crippen LogP contribution in [0.5, 0.6) is 11.5 Å². The van der Waals surface area contributed by atoms with Gasteiger partial charge in [0.2, 0.25) is 0 Å². The zero-order valence-electron chi connectivity index (χ0n) is 18.7. The van der Waals surface area contributed by atoms with Crippen LogP contribution in [0.1, 0.15) is 5.56 Å². The molecule has 0 radical (unpaired) electrons. The number of benzene rings is 2. The number of likely N-dealkylation sites (N-methyl/N-ethyl adjacent to an activating group) is 1. The summed E-state index contributed by atoms with van der Waals surface area (Å²) in [5.41, 5.74) is 7.96. The number of nitrogens with zero attached hydrogens (tertiary/aromatic N) is 2. The van der Waals surface area contributed by atoms with Gasteiger partial charge in [0.05, 0.1) is 7.11 Å². The first-order valence-corrected chi connectivity index (χ1v) is 10.9. The highest BCUT2D eigenvalue weighted by atomic mass is 16.5. The van der Waals surface area contributed by atoms with Crippen molar-refractivity contribution in [2.45, 2.75) is 6.42 Å². The summed E-state index contributed by atoms with van der Waals surface area (Å²) in [6.45, 7) is 2.47. The Kier molecular flexibility index (Phi) is 5.45. The number of anilines is 1. The maximum Gasteiger partial charge on any atom is 0.161 e. The maximum atomic E-state index is 5.91. The third kappa shape index (κ3) is 3.89. The van der Waals surface area contributed by atoms with Gasteiger partial charge in [0.15, 0.2) is 11.5 Å². The van der Waals surface area contributed by atoms with Crippen LogP contribution < -0.4 is 14.8 Å². The van der Waals surface area contributed by atoms with Gasteiger partial charge in [-0.2, -0.15) is 0 Å². The van der Waals surface area contributed by atoms with E-state index >= 15 is 0 Å². The number of hydrogen-bond donors (Lipinski definition) is 2. The molecule has 32 heavy (non-hydrogen) atoms. The van der Waals surface area contributed by atoms with Crippen LogP contribution >= 0.6 is 0 Å². The molecule has 1 aliphatic heterocycles. The van der Waals surface area contributed by atoms with Gasteiger partial charge in [-0.05, 0) is 67.5 Å². The lowest BCUT2D eigenvalue weighted by molar-refractivity contribution is 0.251. The van der Waals surface area contributed by atoms with E-state index in [1.54, 1.807) is 7.11 Å². The van der Waals surface area contributed by atoms with Crippen LogP contribution in [0.2, 0.25) is 0 Å². The van der Waals surface area contributed by atoms with E-state index in [9.17, 15) is 0 Å². The van der Waals surface area contributed by atoms with Crippen molar-refractivity contribution in [1.82, 2.24) is 14.9 Å². The summed E-state index contributed by atoms with van der Waals surface area (Å²) in [5, 5.41) is 4.54. The number of H-pyrrole nitrogens is 1. The van der Waals surface area contributed by atoms with Crippen LogP contribution in [0.15, 0.2) is 54.9 Å². The first-order valence-electron chi connectivity index (χ1n) is 10.9. The van der Waals surface area contributed by atoms with Gasteiger partial charge < -0.3 is 24.7 Å². The summed E-state index contributed by atoms with van der Waals surface area (Å²) in [6, 6.07) is 14.9. The largest absolute Gasteiger partial charge is 0.493 e. The third-order valence-electron chi connectivity index (χ3n) is 5.95. The molecule has 3 heterocycles. The summed E-state index contributed by atoms with van der Waals surface area (Å²) < 4.78 is 11.5. The topological polar surface area (TPSA) is 62.4 Å². The highest BCUT2D eigenvalue weighted by Gasteiger charge is 2.15. The number of nitrogens with one attached hydrogen (secondary N) is 2. The molecule has 0 amide bonds. The van der Waals surface area contributed by atoms with Gasteiger partial charge in [-0.1, -0.05) is 12.1 Å². The Bertz CT molecular complexity index is 1260. The Hall–Kier alpha value is -3.51. The van der Waals surface area contributed by atoms with Gasteiger partial charge in [-0.25, -0.2) is 4.98 Å². The molecule has 0 bridgehead atoms. The van der Waals surface area contributed by atoms with Crippen molar-refractivity contribution in [2.24, 2.45) is 0 Å². The van der Waals surface area contributed by atoms with Crippen LogP contribution in [-0.2, 0) is 6.42 Å². The molecule has 0 aliphatic carbocycles. The smallest absolute Gasteiger partial charge is 0.161 e. The quantitative estimate of drug-likeness (QED) is 0.442. The van der Waals surface area contributed by atoms with Crippen molar-refractivity contribution in [3.05, 3.63) is 60.4 Å². The number of pyridine rings is 1. The molecule has 6 heteroatoms. The molecule has 6 nitrogen and oxygen atoms in total. The highest BCUT2D eigenvalue weighted by molar-refractivity contribution is 5.96. The van der Waals surface area contributed by atoms with Crippen molar-refractivity contribution < 1.29 is 9.47 Å². The fourth-order valence-electron chi connectivity index (χ4n) is 4.18. The fraction of sp³-hybridized carbons (Fsp3) is 0.269. The molecule has 0 unspecified atom stereocenters. The van der Waals surface area contributed by atoms with Gasteiger partial charge in [0.25, 0.3) is 0 Å². The van der Waals surface area contributed by atoms with Gasteiger partial charge in [0.1, 0.15) is 12.3 Å². The number of aromatic nitrogens is 2. The van der Waals surface area contributed by atoms with E-state index in [1.807, 2.05) is 38.6 Å². The van der Waals surface area contributed by atoms with E-state index in [4.69, 9.17) is 9.47 Å². The molecule has 0 fully saturated rings. The van der Waals surface area contributed by atoms with E-state index in [0.717, 1.165) is 53.2 Å². The lowest BCUT2D eigenvalue weighted by Gasteiger charge is -2.14. The Labute approximate surface area is 188 Å². The van der Waals surface area contributed by atoms with E-state index in [2.05, 4.69) is 50.5 Å². The fourth-order valence-corrected chi connectivity index (χ4v) is 4.18. The second kappa shape index (κ2) is 8.55. The monoisotopic (exact) mass is 428 g/mol. The first-order chi connectivity index (χ1) is 15.6. The zero-order chi connectivity index (χ0) is 22.1. The van der Waals surface area contributed by atoms with Gasteiger partial charge >= 0.3 is 0 Å². The number of hydrogen-bond acceptors (Lipinski definition) is 5. The van der Waals surface area contributed by atoms with E-state index in [-0.39, 0.29) is 0 Å². The average molecular weight is 429 g/mol. The average Bonchev–Trinajstić information content (AvgIpc) is 3.44. The summed E-state index contributed by atoms with van der Waals surface area (Å²) in [6.07, 6.45) is 5.02. The van der Waals surface area contributed by atoms with Crippen molar-refractivity contribution in [3.8, 4) is 33.8 Å². The normalized spacial score (nSPS) is 12.8. The van der Waals surface area contributed by atoms with Crippen LogP contribution in [0.25, 0.3) is 33.3 Å². The minimum absolute atomic E-state index is 0.610. The molecule has 4 aromatic rings. The molecule has 2 aromatic carbocycles. The van der Waals surface area contributed by atoms with E-state index in [1.165, 1.54) is 22.4 Å². The van der Waals surface area contributed by atoms with E-state index < -0.39 is 0 Å². The Morgan fingerprint density at radius 2 is 1.88 bits per heavy atom. The molecule has 0 saturated carbocycles. The number of ether oxygens (including phenoxy) is 2. The molecule has 5 rings (SSSR count). The van der Waals surface area contributed by atoms with Crippen molar-refractivity contribution in [1.29, 1.82) is 0 Å². The lowest BCUT2D eigenvalue weighted by atomic mass is 10.00. The van der Waals surface area contributed by atoms with Gasteiger partial charge in [-0.3, -0.25) is 0 Å². The van der Waals surface area contributed by atoms with Crippen LogP contribution in [0.4, 0.5) is 5.69 Å². The minimum Gasteiger partial charge on any atom is -0.493 e. The zero-order valence-corrected chi connectivity index (χ0v) is 18.7. The summed E-state index contributed by atoms with van der Waals surface area (Å²) in [4.78, 5) is 10.1. The third-order valence-corrected chi connectivity index (χ3v) is 5.95. The Morgan fingerprint density at radius 3 is 2.72 bits per heavy atom. The molecule has 164 valence electrons. The van der Waals surface area contributed by atoms with Crippen LogP contribution in [0, 0.1) is 0 Å². The predicted molar refractivity (Wildman–Crippen MR) is 130 cm³/mol.